The number of hydrogen-bond donors (Lipinski definition) is 1. The fourth-order valence-corrected chi connectivity index (χ4v) is 2.42. The summed E-state index contributed by atoms with van der Waals surface area (Å²) in [5.74, 6) is -0.720. The Balaban J connectivity index is 2.01. The van der Waals surface area contributed by atoms with Crippen LogP contribution in [0.25, 0.3) is 0 Å². The Kier molecular flexibility index (Phi) is 3.33. The third-order valence-corrected chi connectivity index (χ3v) is 3.59. The number of carboxylic acid groups (broad SMARTS) is 1. The number of carbonyl (C=O) groups excluding carboxylic acids is 1. The lowest BCUT2D eigenvalue weighted by Crippen LogP contribution is -2.28. The quantitative estimate of drug-likeness (QED) is 0.882. The maximum Gasteiger partial charge on any atom is 0.387 e. The Labute approximate surface area is 127 Å². The Morgan fingerprint density at radius 1 is 0.955 bits per heavy atom. The first kappa shape index (κ1) is 14.1. The van der Waals surface area contributed by atoms with Gasteiger partial charge in [-0.15, -0.1) is 0 Å². The highest BCUT2D eigenvalue weighted by Gasteiger charge is 2.32. The van der Waals surface area contributed by atoms with Gasteiger partial charge in [-0.2, -0.15) is 0 Å². The minimum absolute atomic E-state index is 0.124. The molecule has 0 amide bonds. The molecule has 0 saturated carbocycles. The van der Waals surface area contributed by atoms with Crippen molar-refractivity contribution in [3.8, 4) is 11.5 Å². The van der Waals surface area contributed by atoms with Gasteiger partial charge in [0.25, 0.3) is 0 Å². The number of hydrogen-bond acceptors (Lipinski definition) is 4. The number of carboxylic acids is 1. The number of carbonyl (C=O) groups is 2. The fourth-order valence-electron chi connectivity index (χ4n) is 2.42. The zero-order valence-corrected chi connectivity index (χ0v) is 12.1. The van der Waals surface area contributed by atoms with Gasteiger partial charge in [-0.05, 0) is 37.1 Å². The van der Waals surface area contributed by atoms with Gasteiger partial charge in [-0.1, -0.05) is 24.3 Å². The largest absolute Gasteiger partial charge is 0.476 e. The zero-order chi connectivity index (χ0) is 15.9. The van der Waals surface area contributed by atoms with E-state index in [1.165, 1.54) is 0 Å². The molecule has 1 unspecified atom stereocenters. The van der Waals surface area contributed by atoms with Crippen LogP contribution < -0.4 is 9.47 Å². The number of fused-ring (bicyclic) bond motifs is 1. The molecule has 0 saturated heterocycles. The van der Waals surface area contributed by atoms with Crippen molar-refractivity contribution < 1.29 is 24.2 Å². The molecular formula is C17H14O5. The number of benzene rings is 2. The predicted octanol–water partition coefficient (Wildman–Crippen LogP) is 2.72. The summed E-state index contributed by atoms with van der Waals surface area (Å²) in [7, 11) is 0. The van der Waals surface area contributed by atoms with E-state index in [1.807, 2.05) is 25.1 Å². The van der Waals surface area contributed by atoms with Crippen LogP contribution in [0.1, 0.15) is 27.0 Å². The summed E-state index contributed by atoms with van der Waals surface area (Å²) >= 11 is 0. The smallest absolute Gasteiger partial charge is 0.387 e. The summed E-state index contributed by atoms with van der Waals surface area (Å²) < 4.78 is 10.4. The van der Waals surface area contributed by atoms with Gasteiger partial charge in [-0.3, -0.25) is 4.79 Å². The summed E-state index contributed by atoms with van der Waals surface area (Å²) in [5.41, 5.74) is 2.68. The van der Waals surface area contributed by atoms with E-state index in [1.54, 1.807) is 25.1 Å². The van der Waals surface area contributed by atoms with Gasteiger partial charge in [0.2, 0.25) is 0 Å². The maximum absolute atomic E-state index is 12.7. The van der Waals surface area contributed by atoms with Crippen LogP contribution in [0.4, 0.5) is 0 Å². The molecule has 2 aromatic rings. The van der Waals surface area contributed by atoms with Crippen molar-refractivity contribution in [1.82, 2.24) is 0 Å². The molecule has 0 aliphatic carbocycles. The minimum atomic E-state index is -1.36. The van der Waals surface area contributed by atoms with Crippen LogP contribution in [0, 0.1) is 13.8 Å². The molecule has 112 valence electrons. The second-order valence-corrected chi connectivity index (χ2v) is 5.16. The monoisotopic (exact) mass is 298 g/mol. The van der Waals surface area contributed by atoms with Crippen molar-refractivity contribution in [2.75, 3.05) is 0 Å². The molecule has 0 aromatic heterocycles. The Morgan fingerprint density at radius 3 is 2.23 bits per heavy atom. The second kappa shape index (κ2) is 5.18. The molecule has 2 aromatic carbocycles. The lowest BCUT2D eigenvalue weighted by Gasteiger charge is -2.08. The van der Waals surface area contributed by atoms with E-state index in [4.69, 9.17) is 14.6 Å². The van der Waals surface area contributed by atoms with Crippen LogP contribution in [0.5, 0.6) is 11.5 Å². The van der Waals surface area contributed by atoms with E-state index in [9.17, 15) is 9.59 Å². The molecule has 5 heteroatoms. The molecule has 0 radical (unpaired) electrons. The molecule has 1 atom stereocenters. The van der Waals surface area contributed by atoms with E-state index in [-0.39, 0.29) is 11.5 Å². The summed E-state index contributed by atoms with van der Waals surface area (Å²) in [6.45, 7) is 3.65. The molecule has 1 heterocycles. The Morgan fingerprint density at radius 2 is 1.59 bits per heavy atom. The normalized spacial score (nSPS) is 15.6. The minimum Gasteiger partial charge on any atom is -0.476 e. The van der Waals surface area contributed by atoms with E-state index >= 15 is 0 Å². The van der Waals surface area contributed by atoms with Gasteiger partial charge >= 0.3 is 12.3 Å². The summed E-state index contributed by atoms with van der Waals surface area (Å²) in [5, 5.41) is 8.93. The second-order valence-electron chi connectivity index (χ2n) is 5.16. The molecule has 1 N–H and O–H groups in total. The van der Waals surface area contributed by atoms with Gasteiger partial charge in [0.05, 0.1) is 0 Å². The first-order valence-electron chi connectivity index (χ1n) is 6.78. The number of ketones is 1. The predicted molar refractivity (Wildman–Crippen MR) is 78.5 cm³/mol. The molecule has 3 rings (SSSR count). The van der Waals surface area contributed by atoms with Gasteiger partial charge in [0.1, 0.15) is 0 Å². The van der Waals surface area contributed by atoms with E-state index in [0.717, 1.165) is 5.56 Å². The molecule has 5 nitrogen and oxygen atoms in total. The van der Waals surface area contributed by atoms with Crippen molar-refractivity contribution in [3.05, 3.63) is 58.7 Å². The molecule has 1 aliphatic heterocycles. The van der Waals surface area contributed by atoms with E-state index in [2.05, 4.69) is 0 Å². The van der Waals surface area contributed by atoms with Gasteiger partial charge in [0, 0.05) is 11.1 Å². The standard InChI is InChI=1S/C17H14O5/c1-9-5-3-4-6-11(9)15(18)12-8-14-13(7-10(12)2)21-17(22-14)16(19)20/h3-8,17H,1-2H3,(H,19,20). The average Bonchev–Trinajstić information content (AvgIpc) is 2.89. The van der Waals surface area contributed by atoms with E-state index < -0.39 is 12.3 Å². The highest BCUT2D eigenvalue weighted by atomic mass is 16.7. The molecular weight excluding hydrogens is 284 g/mol. The first-order valence-corrected chi connectivity index (χ1v) is 6.78. The highest BCUT2D eigenvalue weighted by molar-refractivity contribution is 6.11. The fraction of sp³-hybridized carbons (Fsp3) is 0.176. The molecule has 1 aliphatic rings. The SMILES string of the molecule is Cc1ccccc1C(=O)c1cc2c(cc1C)OC(C(=O)O)O2. The topological polar surface area (TPSA) is 72.8 Å². The van der Waals surface area contributed by atoms with Crippen LogP contribution in [-0.2, 0) is 4.79 Å². The summed E-state index contributed by atoms with van der Waals surface area (Å²) in [6.07, 6.45) is -1.36. The summed E-state index contributed by atoms with van der Waals surface area (Å²) in [6, 6.07) is 10.5. The Bertz CT molecular complexity index is 779. The van der Waals surface area contributed by atoms with Gasteiger partial charge in [0.15, 0.2) is 17.3 Å². The van der Waals surface area contributed by atoms with E-state index in [0.29, 0.717) is 22.4 Å². The molecule has 22 heavy (non-hydrogen) atoms. The van der Waals surface area contributed by atoms with Crippen molar-refractivity contribution in [3.63, 3.8) is 0 Å². The van der Waals surface area contributed by atoms with Crippen LogP contribution in [0.3, 0.4) is 0 Å². The van der Waals surface area contributed by atoms with Crippen LogP contribution in [0.2, 0.25) is 0 Å². The number of ether oxygens (including phenoxy) is 2. The lowest BCUT2D eigenvalue weighted by molar-refractivity contribution is -0.154. The average molecular weight is 298 g/mol. The highest BCUT2D eigenvalue weighted by Crippen LogP contribution is 2.37. The Hall–Kier alpha value is -2.82. The zero-order valence-electron chi connectivity index (χ0n) is 12.1. The van der Waals surface area contributed by atoms with Gasteiger partial charge < -0.3 is 14.6 Å². The van der Waals surface area contributed by atoms with Crippen molar-refractivity contribution in [2.24, 2.45) is 0 Å². The molecule has 0 spiro atoms. The molecule has 0 bridgehead atoms. The van der Waals surface area contributed by atoms with Crippen molar-refractivity contribution in [1.29, 1.82) is 0 Å². The van der Waals surface area contributed by atoms with Crippen LogP contribution >= 0.6 is 0 Å². The van der Waals surface area contributed by atoms with Crippen molar-refractivity contribution >= 4 is 11.8 Å². The lowest BCUT2D eigenvalue weighted by atomic mass is 9.96. The third-order valence-electron chi connectivity index (χ3n) is 3.59. The first-order chi connectivity index (χ1) is 10.5. The number of aryl methyl sites for hydroxylation is 2. The van der Waals surface area contributed by atoms with Crippen LogP contribution in [0.15, 0.2) is 36.4 Å². The van der Waals surface area contributed by atoms with Gasteiger partial charge in [-0.25, -0.2) is 4.79 Å². The third kappa shape index (κ3) is 2.30. The van der Waals surface area contributed by atoms with Crippen LogP contribution in [-0.4, -0.2) is 23.1 Å². The molecule has 0 fully saturated rings. The maximum atomic E-state index is 12.7. The number of rotatable bonds is 3. The van der Waals surface area contributed by atoms with Crippen molar-refractivity contribution in [2.45, 2.75) is 20.1 Å². The number of aliphatic carboxylic acids is 1. The summed E-state index contributed by atoms with van der Waals surface area (Å²) in [4.78, 5) is 23.6.